The van der Waals surface area contributed by atoms with E-state index in [1.807, 2.05) is 0 Å². The smallest absolute Gasteiger partial charge is 0.303 e. The van der Waals surface area contributed by atoms with Crippen LogP contribution in [0.4, 0.5) is 8.78 Å². The summed E-state index contributed by atoms with van der Waals surface area (Å²) in [7, 11) is 0. The summed E-state index contributed by atoms with van der Waals surface area (Å²) in [4.78, 5) is 22.6. The molecule has 0 atom stereocenters. The summed E-state index contributed by atoms with van der Waals surface area (Å²) in [5.41, 5.74) is -0.675. The Morgan fingerprint density at radius 2 is 1.86 bits per heavy atom. The highest BCUT2D eigenvalue weighted by molar-refractivity contribution is 5.78. The molecule has 1 amide bonds. The van der Waals surface area contributed by atoms with Gasteiger partial charge in [0.15, 0.2) is 0 Å². The number of amides is 1. The number of aliphatic carboxylic acids is 1. The largest absolute Gasteiger partial charge is 0.481 e. The lowest BCUT2D eigenvalue weighted by molar-refractivity contribution is -0.141. The van der Waals surface area contributed by atoms with Gasteiger partial charge in [0.05, 0.1) is 12.8 Å². The van der Waals surface area contributed by atoms with Gasteiger partial charge in [-0.3, -0.25) is 9.59 Å². The minimum absolute atomic E-state index is 0.00133. The average molecular weight is 297 g/mol. The number of carbonyl (C=O) groups excluding carboxylic acids is 1. The van der Waals surface area contributed by atoms with E-state index >= 15 is 0 Å². The van der Waals surface area contributed by atoms with E-state index in [2.05, 4.69) is 5.32 Å². The van der Waals surface area contributed by atoms with E-state index in [9.17, 15) is 18.4 Å². The normalized spacial score (nSPS) is 16.1. The molecule has 0 heterocycles. The third kappa shape index (κ3) is 3.77. The van der Waals surface area contributed by atoms with Crippen molar-refractivity contribution in [3.63, 3.8) is 0 Å². The lowest BCUT2D eigenvalue weighted by Gasteiger charge is -2.40. The van der Waals surface area contributed by atoms with Gasteiger partial charge in [-0.2, -0.15) is 0 Å². The first-order chi connectivity index (χ1) is 9.92. The number of carbonyl (C=O) groups is 2. The molecule has 2 rings (SSSR count). The SMILES string of the molecule is O=C(O)CC1(CNC(=O)Cc2c(F)cccc2F)CCC1. The van der Waals surface area contributed by atoms with E-state index in [1.165, 1.54) is 6.07 Å². The van der Waals surface area contributed by atoms with Crippen molar-refractivity contribution in [2.45, 2.75) is 32.1 Å². The maximum absolute atomic E-state index is 13.4. The third-order valence-corrected chi connectivity index (χ3v) is 4.00. The number of benzene rings is 1. The number of carboxylic acids is 1. The fourth-order valence-corrected chi connectivity index (χ4v) is 2.62. The Bertz CT molecular complexity index is 536. The van der Waals surface area contributed by atoms with E-state index in [-0.39, 0.29) is 24.9 Å². The van der Waals surface area contributed by atoms with Gasteiger partial charge in [-0.05, 0) is 30.4 Å². The Morgan fingerprint density at radius 1 is 1.24 bits per heavy atom. The highest BCUT2D eigenvalue weighted by Gasteiger charge is 2.39. The van der Waals surface area contributed by atoms with Crippen LogP contribution in [-0.4, -0.2) is 23.5 Å². The molecule has 4 nitrogen and oxygen atoms in total. The molecule has 1 fully saturated rings. The molecule has 21 heavy (non-hydrogen) atoms. The summed E-state index contributed by atoms with van der Waals surface area (Å²) < 4.78 is 26.9. The number of halogens is 2. The molecule has 114 valence electrons. The van der Waals surface area contributed by atoms with Gasteiger partial charge in [0.2, 0.25) is 5.91 Å². The van der Waals surface area contributed by atoms with Gasteiger partial charge < -0.3 is 10.4 Å². The van der Waals surface area contributed by atoms with Crippen molar-refractivity contribution in [3.8, 4) is 0 Å². The maximum atomic E-state index is 13.4. The summed E-state index contributed by atoms with van der Waals surface area (Å²) >= 11 is 0. The number of nitrogens with one attached hydrogen (secondary N) is 1. The van der Waals surface area contributed by atoms with Crippen molar-refractivity contribution in [1.29, 1.82) is 0 Å². The van der Waals surface area contributed by atoms with E-state index in [1.54, 1.807) is 0 Å². The predicted octanol–water partition coefficient (Wildman–Crippen LogP) is 2.27. The summed E-state index contributed by atoms with van der Waals surface area (Å²) in [5, 5.41) is 11.5. The zero-order chi connectivity index (χ0) is 15.5. The van der Waals surface area contributed by atoms with Crippen molar-refractivity contribution in [2.24, 2.45) is 5.41 Å². The summed E-state index contributed by atoms with van der Waals surface area (Å²) in [5.74, 6) is -2.91. The van der Waals surface area contributed by atoms with Crippen LogP contribution in [0.2, 0.25) is 0 Å². The lowest BCUT2D eigenvalue weighted by Crippen LogP contribution is -2.44. The molecule has 1 aliphatic carbocycles. The average Bonchev–Trinajstić information content (AvgIpc) is 2.36. The number of hydrogen-bond acceptors (Lipinski definition) is 2. The highest BCUT2D eigenvalue weighted by atomic mass is 19.1. The molecular formula is C15H17F2NO3. The van der Waals surface area contributed by atoms with Crippen LogP contribution in [0.3, 0.4) is 0 Å². The van der Waals surface area contributed by atoms with E-state index < -0.39 is 28.9 Å². The Balaban J connectivity index is 1.92. The minimum atomic E-state index is -0.899. The van der Waals surface area contributed by atoms with E-state index in [0.717, 1.165) is 31.4 Å². The van der Waals surface area contributed by atoms with Crippen LogP contribution in [0.25, 0.3) is 0 Å². The predicted molar refractivity (Wildman–Crippen MR) is 71.6 cm³/mol. The number of hydrogen-bond donors (Lipinski definition) is 2. The van der Waals surface area contributed by atoms with Crippen LogP contribution in [0.5, 0.6) is 0 Å². The molecule has 2 N–H and O–H groups in total. The second-order valence-corrected chi connectivity index (χ2v) is 5.58. The third-order valence-electron chi connectivity index (χ3n) is 4.00. The molecule has 0 aromatic heterocycles. The molecule has 0 spiro atoms. The molecule has 1 aliphatic rings. The van der Waals surface area contributed by atoms with Crippen molar-refractivity contribution < 1.29 is 23.5 Å². The van der Waals surface area contributed by atoms with Gasteiger partial charge in [0.25, 0.3) is 0 Å². The molecule has 1 saturated carbocycles. The van der Waals surface area contributed by atoms with Gasteiger partial charge in [-0.1, -0.05) is 12.5 Å². The Kier molecular flexibility index (Phi) is 4.55. The molecule has 0 saturated heterocycles. The first-order valence-corrected chi connectivity index (χ1v) is 6.83. The van der Waals surface area contributed by atoms with Crippen LogP contribution < -0.4 is 5.32 Å². The quantitative estimate of drug-likeness (QED) is 0.846. The lowest BCUT2D eigenvalue weighted by atomic mass is 9.66. The first-order valence-electron chi connectivity index (χ1n) is 6.83. The second-order valence-electron chi connectivity index (χ2n) is 5.58. The molecule has 1 aromatic carbocycles. The fraction of sp³-hybridized carbons (Fsp3) is 0.467. The van der Waals surface area contributed by atoms with E-state index in [4.69, 9.17) is 5.11 Å². The number of rotatable bonds is 6. The van der Waals surface area contributed by atoms with E-state index in [0.29, 0.717) is 0 Å². The van der Waals surface area contributed by atoms with Crippen LogP contribution in [0, 0.1) is 17.0 Å². The van der Waals surface area contributed by atoms with Crippen LogP contribution in [0.1, 0.15) is 31.2 Å². The van der Waals surface area contributed by atoms with Gasteiger partial charge in [0, 0.05) is 12.1 Å². The molecular weight excluding hydrogens is 280 g/mol. The molecule has 6 heteroatoms. The van der Waals surface area contributed by atoms with Gasteiger partial charge >= 0.3 is 5.97 Å². The molecule has 0 unspecified atom stereocenters. The van der Waals surface area contributed by atoms with Crippen LogP contribution >= 0.6 is 0 Å². The summed E-state index contributed by atoms with van der Waals surface area (Å²) in [6.45, 7) is 0.230. The first kappa shape index (κ1) is 15.4. The molecule has 0 radical (unpaired) electrons. The van der Waals surface area contributed by atoms with Crippen LogP contribution in [0.15, 0.2) is 18.2 Å². The summed E-state index contributed by atoms with van der Waals surface area (Å²) in [6, 6.07) is 3.44. The summed E-state index contributed by atoms with van der Waals surface area (Å²) in [6.07, 6.45) is 2.04. The standard InChI is InChI=1S/C15H17F2NO3/c16-11-3-1-4-12(17)10(11)7-13(19)18-9-15(5-2-6-15)8-14(20)21/h1,3-4H,2,5-9H2,(H,18,19)(H,20,21). The minimum Gasteiger partial charge on any atom is -0.481 e. The fourth-order valence-electron chi connectivity index (χ4n) is 2.62. The molecule has 0 aliphatic heterocycles. The Morgan fingerprint density at radius 3 is 2.33 bits per heavy atom. The van der Waals surface area contributed by atoms with Crippen molar-refractivity contribution >= 4 is 11.9 Å². The van der Waals surface area contributed by atoms with Gasteiger partial charge in [-0.15, -0.1) is 0 Å². The zero-order valence-electron chi connectivity index (χ0n) is 11.5. The molecule has 1 aromatic rings. The van der Waals surface area contributed by atoms with Crippen molar-refractivity contribution in [1.82, 2.24) is 5.32 Å². The Labute approximate surface area is 121 Å². The van der Waals surface area contributed by atoms with Crippen LogP contribution in [-0.2, 0) is 16.0 Å². The molecule has 0 bridgehead atoms. The topological polar surface area (TPSA) is 66.4 Å². The van der Waals surface area contributed by atoms with Crippen molar-refractivity contribution in [3.05, 3.63) is 35.4 Å². The number of carboxylic acid groups (broad SMARTS) is 1. The Hall–Kier alpha value is -1.98. The zero-order valence-corrected chi connectivity index (χ0v) is 11.5. The van der Waals surface area contributed by atoms with Gasteiger partial charge in [0.1, 0.15) is 11.6 Å². The second kappa shape index (κ2) is 6.20. The maximum Gasteiger partial charge on any atom is 0.303 e. The van der Waals surface area contributed by atoms with Crippen molar-refractivity contribution in [2.75, 3.05) is 6.54 Å². The highest BCUT2D eigenvalue weighted by Crippen LogP contribution is 2.43. The monoisotopic (exact) mass is 297 g/mol. The van der Waals surface area contributed by atoms with Gasteiger partial charge in [-0.25, -0.2) is 8.78 Å².